The minimum atomic E-state index is -0.576. The van der Waals surface area contributed by atoms with Crippen LogP contribution in [0, 0.1) is 17.1 Å². The summed E-state index contributed by atoms with van der Waals surface area (Å²) >= 11 is 6.00. The van der Waals surface area contributed by atoms with Crippen molar-refractivity contribution in [3.05, 3.63) is 53.1 Å². The van der Waals surface area contributed by atoms with E-state index in [2.05, 4.69) is 10.1 Å². The summed E-state index contributed by atoms with van der Waals surface area (Å²) in [6, 6.07) is 9.47. The van der Waals surface area contributed by atoms with Crippen LogP contribution in [0.4, 0.5) is 4.39 Å². The summed E-state index contributed by atoms with van der Waals surface area (Å²) in [5.41, 5.74) is 1.77. The van der Waals surface area contributed by atoms with Crippen LogP contribution < -0.4 is 0 Å². The first-order chi connectivity index (χ1) is 9.19. The lowest BCUT2D eigenvalue weighted by Gasteiger charge is -2.06. The normalized spacial score (nSPS) is 10.6. The molecule has 0 saturated heterocycles. The van der Waals surface area contributed by atoms with Gasteiger partial charge < -0.3 is 0 Å². The van der Waals surface area contributed by atoms with Crippen molar-refractivity contribution in [2.45, 2.75) is 0 Å². The zero-order chi connectivity index (χ0) is 13.4. The van der Waals surface area contributed by atoms with Gasteiger partial charge in [0.15, 0.2) is 5.65 Å². The Bertz CT molecular complexity index is 819. The number of halogens is 2. The Morgan fingerprint density at radius 2 is 2.11 bits per heavy atom. The third-order valence-corrected chi connectivity index (χ3v) is 2.95. The van der Waals surface area contributed by atoms with Gasteiger partial charge >= 0.3 is 0 Å². The zero-order valence-electron chi connectivity index (χ0n) is 9.51. The van der Waals surface area contributed by atoms with Gasteiger partial charge in [0, 0.05) is 16.7 Å². The van der Waals surface area contributed by atoms with Gasteiger partial charge in [-0.15, -0.1) is 0 Å². The third-order valence-electron chi connectivity index (χ3n) is 2.73. The van der Waals surface area contributed by atoms with E-state index in [4.69, 9.17) is 16.9 Å². The lowest BCUT2D eigenvalue weighted by atomic mass is 10.1. The van der Waals surface area contributed by atoms with E-state index in [-0.39, 0.29) is 5.56 Å². The average Bonchev–Trinajstić information content (AvgIpc) is 2.85. The first-order valence-electron chi connectivity index (χ1n) is 5.38. The van der Waals surface area contributed by atoms with Gasteiger partial charge in [-0.25, -0.2) is 13.9 Å². The topological polar surface area (TPSA) is 54.0 Å². The molecule has 0 radical (unpaired) electrons. The van der Waals surface area contributed by atoms with Crippen LogP contribution in [0.25, 0.3) is 16.9 Å². The number of hydrogen-bond acceptors (Lipinski definition) is 3. The number of aromatic nitrogens is 3. The Labute approximate surface area is 112 Å². The molecule has 0 aliphatic carbocycles. The lowest BCUT2D eigenvalue weighted by Crippen LogP contribution is -1.95. The standard InChI is InChI=1S/C13H6ClFN4/c14-10-4-12(19-13(5-10)17-7-18-19)8-1-2-9(6-16)11(15)3-8/h1-5,7H. The largest absolute Gasteiger partial charge is 0.215 e. The van der Waals surface area contributed by atoms with E-state index in [9.17, 15) is 4.39 Å². The predicted molar refractivity (Wildman–Crippen MR) is 68.1 cm³/mol. The molecule has 0 saturated carbocycles. The Balaban J connectivity index is 2.27. The molecule has 19 heavy (non-hydrogen) atoms. The second-order valence-corrected chi connectivity index (χ2v) is 4.33. The number of fused-ring (bicyclic) bond motifs is 1. The van der Waals surface area contributed by atoms with Gasteiger partial charge in [-0.2, -0.15) is 10.4 Å². The zero-order valence-corrected chi connectivity index (χ0v) is 10.3. The molecule has 0 spiro atoms. The summed E-state index contributed by atoms with van der Waals surface area (Å²) in [6.45, 7) is 0. The van der Waals surface area contributed by atoms with Crippen LogP contribution in [0.3, 0.4) is 0 Å². The highest BCUT2D eigenvalue weighted by Crippen LogP contribution is 2.25. The quantitative estimate of drug-likeness (QED) is 0.684. The van der Waals surface area contributed by atoms with Gasteiger partial charge in [0.05, 0.1) is 11.3 Å². The van der Waals surface area contributed by atoms with Gasteiger partial charge in [-0.05, 0) is 18.2 Å². The molecular formula is C13H6ClFN4. The molecule has 2 aromatic heterocycles. The van der Waals surface area contributed by atoms with Crippen molar-refractivity contribution in [1.29, 1.82) is 5.26 Å². The van der Waals surface area contributed by atoms with Gasteiger partial charge in [-0.1, -0.05) is 17.7 Å². The highest BCUT2D eigenvalue weighted by Gasteiger charge is 2.10. The summed E-state index contributed by atoms with van der Waals surface area (Å²) in [5.74, 6) is -0.576. The molecule has 0 amide bonds. The van der Waals surface area contributed by atoms with E-state index < -0.39 is 5.82 Å². The summed E-state index contributed by atoms with van der Waals surface area (Å²) < 4.78 is 15.2. The number of nitriles is 1. The maximum atomic E-state index is 13.7. The maximum absolute atomic E-state index is 13.7. The predicted octanol–water partition coefficient (Wildman–Crippen LogP) is 3.06. The summed E-state index contributed by atoms with van der Waals surface area (Å²) in [5, 5.41) is 13.3. The molecule has 0 fully saturated rings. The number of pyridine rings is 1. The summed E-state index contributed by atoms with van der Waals surface area (Å²) in [4.78, 5) is 4.04. The van der Waals surface area contributed by atoms with Crippen molar-refractivity contribution in [3.8, 4) is 17.3 Å². The third kappa shape index (κ3) is 1.92. The van der Waals surface area contributed by atoms with Gasteiger partial charge in [-0.3, -0.25) is 0 Å². The Morgan fingerprint density at radius 1 is 1.26 bits per heavy atom. The molecule has 4 nitrogen and oxygen atoms in total. The number of nitrogens with zero attached hydrogens (tertiary/aromatic N) is 4. The van der Waals surface area contributed by atoms with Crippen molar-refractivity contribution in [3.63, 3.8) is 0 Å². The van der Waals surface area contributed by atoms with Crippen LogP contribution in [-0.4, -0.2) is 14.6 Å². The Kier molecular flexibility index (Phi) is 2.65. The molecule has 6 heteroatoms. The van der Waals surface area contributed by atoms with Crippen LogP contribution >= 0.6 is 11.6 Å². The van der Waals surface area contributed by atoms with Gasteiger partial charge in [0.1, 0.15) is 18.2 Å². The van der Waals surface area contributed by atoms with Crippen LogP contribution in [0.1, 0.15) is 5.56 Å². The Morgan fingerprint density at radius 3 is 2.84 bits per heavy atom. The first-order valence-corrected chi connectivity index (χ1v) is 5.76. The van der Waals surface area contributed by atoms with Crippen LogP contribution in [0.2, 0.25) is 5.02 Å². The molecule has 0 unspecified atom stereocenters. The van der Waals surface area contributed by atoms with Crippen LogP contribution in [0.15, 0.2) is 36.7 Å². The van der Waals surface area contributed by atoms with Crippen molar-refractivity contribution in [2.75, 3.05) is 0 Å². The van der Waals surface area contributed by atoms with E-state index in [1.165, 1.54) is 18.5 Å². The molecule has 92 valence electrons. The summed E-state index contributed by atoms with van der Waals surface area (Å²) in [6.07, 6.45) is 1.40. The summed E-state index contributed by atoms with van der Waals surface area (Å²) in [7, 11) is 0. The van der Waals surface area contributed by atoms with Crippen molar-refractivity contribution >= 4 is 17.2 Å². The minimum Gasteiger partial charge on any atom is -0.215 e. The molecule has 3 rings (SSSR count). The van der Waals surface area contributed by atoms with Crippen LogP contribution in [-0.2, 0) is 0 Å². The second kappa shape index (κ2) is 4.34. The smallest absolute Gasteiger partial charge is 0.157 e. The maximum Gasteiger partial charge on any atom is 0.157 e. The number of benzene rings is 1. The van der Waals surface area contributed by atoms with E-state index in [1.807, 2.05) is 0 Å². The van der Waals surface area contributed by atoms with Crippen LogP contribution in [0.5, 0.6) is 0 Å². The molecule has 0 atom stereocenters. The van der Waals surface area contributed by atoms with Gasteiger partial charge in [0.2, 0.25) is 0 Å². The van der Waals surface area contributed by atoms with E-state index in [0.717, 1.165) is 0 Å². The molecule has 0 aliphatic rings. The monoisotopic (exact) mass is 272 g/mol. The fourth-order valence-electron chi connectivity index (χ4n) is 1.86. The van der Waals surface area contributed by atoms with E-state index in [1.54, 1.807) is 28.8 Å². The molecule has 3 aromatic rings. The fraction of sp³-hybridized carbons (Fsp3) is 0. The molecule has 2 heterocycles. The second-order valence-electron chi connectivity index (χ2n) is 3.90. The highest BCUT2D eigenvalue weighted by molar-refractivity contribution is 6.31. The average molecular weight is 273 g/mol. The number of hydrogen-bond donors (Lipinski definition) is 0. The molecule has 0 bridgehead atoms. The van der Waals surface area contributed by atoms with E-state index in [0.29, 0.717) is 21.9 Å². The fourth-order valence-corrected chi connectivity index (χ4v) is 2.06. The molecule has 0 aliphatic heterocycles. The Hall–Kier alpha value is -2.45. The number of rotatable bonds is 1. The first kappa shape index (κ1) is 11.6. The lowest BCUT2D eigenvalue weighted by molar-refractivity contribution is 0.624. The minimum absolute atomic E-state index is 0.000567. The molecular weight excluding hydrogens is 267 g/mol. The van der Waals surface area contributed by atoms with Crippen molar-refractivity contribution in [1.82, 2.24) is 14.6 Å². The van der Waals surface area contributed by atoms with Crippen molar-refractivity contribution < 1.29 is 4.39 Å². The SMILES string of the molecule is N#Cc1ccc(-c2cc(Cl)cc3ncnn23)cc1F. The van der Waals surface area contributed by atoms with E-state index >= 15 is 0 Å². The van der Waals surface area contributed by atoms with Crippen molar-refractivity contribution in [2.24, 2.45) is 0 Å². The highest BCUT2D eigenvalue weighted by atomic mass is 35.5. The molecule has 0 N–H and O–H groups in total. The molecule has 1 aromatic carbocycles. The van der Waals surface area contributed by atoms with Gasteiger partial charge in [0.25, 0.3) is 0 Å².